The summed E-state index contributed by atoms with van der Waals surface area (Å²) < 4.78 is 7.82. The molecule has 0 radical (unpaired) electrons. The molecule has 0 saturated carbocycles. The van der Waals surface area contributed by atoms with Crippen molar-refractivity contribution in [3.8, 4) is 5.75 Å². The second kappa shape index (κ2) is 7.31. The van der Waals surface area contributed by atoms with Crippen LogP contribution < -0.4 is 9.64 Å². The van der Waals surface area contributed by atoms with Crippen molar-refractivity contribution in [3.05, 3.63) is 31.0 Å². The van der Waals surface area contributed by atoms with E-state index in [9.17, 15) is 4.79 Å². The van der Waals surface area contributed by atoms with Crippen LogP contribution in [0.4, 0.5) is 5.82 Å². The largest absolute Gasteiger partial charge is 0.485 e. The first-order valence-electron chi connectivity index (χ1n) is 9.22. The second-order valence-corrected chi connectivity index (χ2v) is 6.88. The van der Waals surface area contributed by atoms with Gasteiger partial charge in [-0.05, 0) is 31.9 Å². The van der Waals surface area contributed by atoms with Crippen LogP contribution in [0, 0.1) is 0 Å². The van der Waals surface area contributed by atoms with Crippen molar-refractivity contribution in [1.29, 1.82) is 0 Å². The molecule has 4 rings (SSSR count). The van der Waals surface area contributed by atoms with E-state index in [1.54, 1.807) is 11.0 Å². The number of pyridine rings is 1. The Hall–Kier alpha value is -2.64. The van der Waals surface area contributed by atoms with E-state index in [-0.39, 0.29) is 18.1 Å². The van der Waals surface area contributed by atoms with Gasteiger partial charge in [-0.2, -0.15) is 5.10 Å². The van der Waals surface area contributed by atoms with Gasteiger partial charge in [0.15, 0.2) is 11.6 Å². The molecule has 8 nitrogen and oxygen atoms in total. The third-order valence-corrected chi connectivity index (χ3v) is 5.10. The zero-order valence-corrected chi connectivity index (χ0v) is 15.0. The van der Waals surface area contributed by atoms with Crippen LogP contribution in [0.1, 0.15) is 32.2 Å². The van der Waals surface area contributed by atoms with Gasteiger partial charge in [-0.25, -0.2) is 14.6 Å². The minimum Gasteiger partial charge on any atom is -0.485 e. The monoisotopic (exact) mass is 356 g/mol. The zero-order chi connectivity index (χ0) is 17.9. The quantitative estimate of drug-likeness (QED) is 0.808. The first-order valence-corrected chi connectivity index (χ1v) is 9.22. The standard InChI is InChI=1S/C18H24N6O2/c1-14(24-13-19-12-21-24)18(25)23-10-6-15(11-23)26-16-5-4-7-20-17(16)22-8-2-3-9-22/h4-5,7,12-15H,2-3,6,8-11H2,1H3/t14-,15-/m1/s1. The molecule has 2 fully saturated rings. The van der Waals surface area contributed by atoms with Crippen molar-refractivity contribution in [1.82, 2.24) is 24.6 Å². The molecule has 2 aliphatic rings. The Bertz CT molecular complexity index is 744. The third kappa shape index (κ3) is 3.36. The van der Waals surface area contributed by atoms with E-state index < -0.39 is 0 Å². The van der Waals surface area contributed by atoms with Crippen molar-refractivity contribution < 1.29 is 9.53 Å². The Morgan fingerprint density at radius 2 is 2.15 bits per heavy atom. The molecule has 138 valence electrons. The molecule has 0 spiro atoms. The van der Waals surface area contributed by atoms with E-state index in [1.807, 2.05) is 30.2 Å². The highest BCUT2D eigenvalue weighted by atomic mass is 16.5. The topological polar surface area (TPSA) is 76.4 Å². The number of nitrogens with zero attached hydrogens (tertiary/aromatic N) is 6. The van der Waals surface area contributed by atoms with Gasteiger partial charge >= 0.3 is 0 Å². The minimum absolute atomic E-state index is 0.00699. The number of carbonyl (C=O) groups excluding carboxylic acids is 1. The maximum Gasteiger partial charge on any atom is 0.247 e. The predicted octanol–water partition coefficient (Wildman–Crippen LogP) is 1.51. The van der Waals surface area contributed by atoms with Crippen molar-refractivity contribution in [2.75, 3.05) is 31.1 Å². The Morgan fingerprint density at radius 1 is 1.31 bits per heavy atom. The summed E-state index contributed by atoms with van der Waals surface area (Å²) in [7, 11) is 0. The fourth-order valence-corrected chi connectivity index (χ4v) is 3.64. The highest BCUT2D eigenvalue weighted by molar-refractivity contribution is 5.80. The highest BCUT2D eigenvalue weighted by Crippen LogP contribution is 2.30. The number of ether oxygens (including phenoxy) is 1. The Balaban J connectivity index is 1.40. The number of hydrogen-bond donors (Lipinski definition) is 0. The summed E-state index contributed by atoms with van der Waals surface area (Å²) in [4.78, 5) is 25.2. The van der Waals surface area contributed by atoms with Crippen LogP contribution in [-0.2, 0) is 4.79 Å². The van der Waals surface area contributed by atoms with Crippen LogP contribution in [0.3, 0.4) is 0 Å². The molecule has 4 heterocycles. The maximum absolute atomic E-state index is 12.7. The summed E-state index contributed by atoms with van der Waals surface area (Å²) in [5.41, 5.74) is 0. The average Bonchev–Trinajstić information content (AvgIpc) is 3.42. The number of amides is 1. The molecule has 0 unspecified atom stereocenters. The Morgan fingerprint density at radius 3 is 2.92 bits per heavy atom. The van der Waals surface area contributed by atoms with E-state index in [4.69, 9.17) is 4.74 Å². The molecule has 0 aliphatic carbocycles. The number of anilines is 1. The normalized spacial score (nSPS) is 21.2. The molecule has 0 aromatic carbocycles. The van der Waals surface area contributed by atoms with E-state index in [2.05, 4.69) is 20.0 Å². The number of aromatic nitrogens is 4. The van der Waals surface area contributed by atoms with E-state index in [0.29, 0.717) is 13.1 Å². The third-order valence-electron chi connectivity index (χ3n) is 5.10. The van der Waals surface area contributed by atoms with Gasteiger partial charge in [-0.3, -0.25) is 4.79 Å². The number of hydrogen-bond acceptors (Lipinski definition) is 6. The Labute approximate surface area is 152 Å². The lowest BCUT2D eigenvalue weighted by Crippen LogP contribution is -2.36. The zero-order valence-electron chi connectivity index (χ0n) is 15.0. The van der Waals surface area contributed by atoms with Crippen molar-refractivity contribution in [3.63, 3.8) is 0 Å². The van der Waals surface area contributed by atoms with Crippen molar-refractivity contribution in [2.24, 2.45) is 0 Å². The van der Waals surface area contributed by atoms with Crippen LogP contribution in [-0.4, -0.2) is 62.8 Å². The van der Waals surface area contributed by atoms with Crippen molar-refractivity contribution in [2.45, 2.75) is 38.3 Å². The molecule has 0 bridgehead atoms. The van der Waals surface area contributed by atoms with Gasteiger partial charge in [0.25, 0.3) is 0 Å². The molecule has 2 aliphatic heterocycles. The Kier molecular flexibility index (Phi) is 4.73. The summed E-state index contributed by atoms with van der Waals surface area (Å²) in [5.74, 6) is 1.79. The lowest BCUT2D eigenvalue weighted by molar-refractivity contribution is -0.133. The van der Waals surface area contributed by atoms with Gasteiger partial charge in [0.05, 0.1) is 6.54 Å². The molecule has 2 saturated heterocycles. The van der Waals surface area contributed by atoms with Crippen LogP contribution in [0.15, 0.2) is 31.0 Å². The van der Waals surface area contributed by atoms with Gasteiger partial charge in [-0.15, -0.1) is 0 Å². The van der Waals surface area contributed by atoms with Gasteiger partial charge in [0.2, 0.25) is 5.91 Å². The molecular formula is C18H24N6O2. The molecule has 0 N–H and O–H groups in total. The molecule has 26 heavy (non-hydrogen) atoms. The van der Waals surface area contributed by atoms with Gasteiger partial charge in [0, 0.05) is 32.3 Å². The number of carbonyl (C=O) groups is 1. The summed E-state index contributed by atoms with van der Waals surface area (Å²) in [6.07, 6.45) is 8.04. The van der Waals surface area contributed by atoms with Crippen LogP contribution >= 0.6 is 0 Å². The second-order valence-electron chi connectivity index (χ2n) is 6.88. The van der Waals surface area contributed by atoms with Crippen LogP contribution in [0.5, 0.6) is 5.75 Å². The number of rotatable bonds is 5. The smallest absolute Gasteiger partial charge is 0.247 e. The summed E-state index contributed by atoms with van der Waals surface area (Å²) in [6.45, 7) is 5.18. The highest BCUT2D eigenvalue weighted by Gasteiger charge is 2.32. The van der Waals surface area contributed by atoms with Gasteiger partial charge < -0.3 is 14.5 Å². The lowest BCUT2D eigenvalue weighted by atomic mass is 10.3. The summed E-state index contributed by atoms with van der Waals surface area (Å²) >= 11 is 0. The SMILES string of the molecule is C[C@H](C(=O)N1CC[C@@H](Oc2cccnc2N2CCCC2)C1)n1cncn1. The van der Waals surface area contributed by atoms with Gasteiger partial charge in [-0.1, -0.05) is 0 Å². The minimum atomic E-state index is -0.352. The fraction of sp³-hybridized carbons (Fsp3) is 0.556. The predicted molar refractivity (Wildman–Crippen MR) is 96.0 cm³/mol. The molecule has 2 aromatic heterocycles. The first-order chi connectivity index (χ1) is 12.7. The van der Waals surface area contributed by atoms with E-state index >= 15 is 0 Å². The molecule has 8 heteroatoms. The molecule has 1 amide bonds. The van der Waals surface area contributed by atoms with Crippen LogP contribution in [0.2, 0.25) is 0 Å². The summed E-state index contributed by atoms with van der Waals surface area (Å²) in [6, 6.07) is 3.53. The molecular weight excluding hydrogens is 332 g/mol. The molecule has 2 atom stereocenters. The van der Waals surface area contributed by atoms with E-state index in [0.717, 1.165) is 31.1 Å². The maximum atomic E-state index is 12.7. The average molecular weight is 356 g/mol. The van der Waals surface area contributed by atoms with Gasteiger partial charge in [0.1, 0.15) is 24.8 Å². The van der Waals surface area contributed by atoms with Crippen LogP contribution in [0.25, 0.3) is 0 Å². The fourth-order valence-electron chi connectivity index (χ4n) is 3.64. The van der Waals surface area contributed by atoms with Crippen molar-refractivity contribution >= 4 is 11.7 Å². The van der Waals surface area contributed by atoms with E-state index in [1.165, 1.54) is 19.2 Å². The molecule has 2 aromatic rings. The first kappa shape index (κ1) is 16.8. The summed E-state index contributed by atoms with van der Waals surface area (Å²) in [5, 5.41) is 4.06. The number of likely N-dealkylation sites (tertiary alicyclic amines) is 1. The lowest BCUT2D eigenvalue weighted by Gasteiger charge is -2.23.